The smallest absolute Gasteiger partial charge is 0.335 e. The zero-order chi connectivity index (χ0) is 24.1. The van der Waals surface area contributed by atoms with Gasteiger partial charge in [0.2, 0.25) is 0 Å². The highest BCUT2D eigenvalue weighted by Crippen LogP contribution is 2.35. The Morgan fingerprint density at radius 2 is 1.63 bits per heavy atom. The van der Waals surface area contributed by atoms with Crippen molar-refractivity contribution in [3.8, 4) is 28.3 Å². The molecule has 3 N–H and O–H groups in total. The standard InChI is InChI=1S/C26H21ClN2O6/c27-18-10-20-19(28-26(29-20)35-22-12-34-23-21(30)11-33-24(22)23)9-17(18)15-5-1-13(2-6-15)14-3-7-16(8-4-14)25(31)32/h1-10,21-24,30H,11-12H2,(H,28,29)(H,31,32)/t21-,22-,23-,24-/m1/s1. The molecule has 0 unspecified atom stereocenters. The molecule has 178 valence electrons. The largest absolute Gasteiger partial charge is 0.478 e. The number of H-pyrrole nitrogens is 1. The van der Waals surface area contributed by atoms with Gasteiger partial charge in [-0.2, -0.15) is 4.98 Å². The van der Waals surface area contributed by atoms with Gasteiger partial charge in [-0.05, 0) is 41.0 Å². The molecule has 0 bridgehead atoms. The van der Waals surface area contributed by atoms with Crippen molar-refractivity contribution in [1.82, 2.24) is 9.97 Å². The second-order valence-electron chi connectivity index (χ2n) is 8.67. The normalized spacial score (nSPS) is 23.5. The Hall–Kier alpha value is -3.43. The Morgan fingerprint density at radius 3 is 2.34 bits per heavy atom. The number of fused-ring (bicyclic) bond motifs is 2. The number of rotatable bonds is 5. The van der Waals surface area contributed by atoms with Crippen LogP contribution in [0.3, 0.4) is 0 Å². The van der Waals surface area contributed by atoms with Crippen LogP contribution in [-0.2, 0) is 9.47 Å². The summed E-state index contributed by atoms with van der Waals surface area (Å²) in [5.41, 5.74) is 5.35. The Bertz CT molecular complexity index is 1400. The highest BCUT2D eigenvalue weighted by atomic mass is 35.5. The molecule has 0 aliphatic carbocycles. The third-order valence-electron chi connectivity index (χ3n) is 6.45. The number of aromatic amines is 1. The number of imidazole rings is 1. The summed E-state index contributed by atoms with van der Waals surface area (Å²) in [5, 5.41) is 19.6. The van der Waals surface area contributed by atoms with Crippen LogP contribution in [0.15, 0.2) is 60.7 Å². The van der Waals surface area contributed by atoms with Crippen LogP contribution >= 0.6 is 11.6 Å². The van der Waals surface area contributed by atoms with Crippen LogP contribution in [0.4, 0.5) is 0 Å². The molecule has 2 aliphatic rings. The number of hydrogen-bond acceptors (Lipinski definition) is 6. The van der Waals surface area contributed by atoms with Crippen LogP contribution < -0.4 is 4.74 Å². The summed E-state index contributed by atoms with van der Waals surface area (Å²) in [5.74, 6) is -0.949. The van der Waals surface area contributed by atoms with Crippen LogP contribution in [-0.4, -0.2) is 63.8 Å². The van der Waals surface area contributed by atoms with Gasteiger partial charge < -0.3 is 29.4 Å². The quantitative estimate of drug-likeness (QED) is 0.383. The summed E-state index contributed by atoms with van der Waals surface area (Å²) in [4.78, 5) is 18.8. The molecular weight excluding hydrogens is 472 g/mol. The minimum Gasteiger partial charge on any atom is -0.478 e. The number of carboxylic acids is 1. The lowest BCUT2D eigenvalue weighted by Crippen LogP contribution is -2.34. The first-order valence-electron chi connectivity index (χ1n) is 11.2. The Balaban J connectivity index is 1.23. The van der Waals surface area contributed by atoms with Gasteiger partial charge in [0.05, 0.1) is 34.8 Å². The number of aliphatic hydroxyl groups is 1. The van der Waals surface area contributed by atoms with E-state index in [0.717, 1.165) is 27.8 Å². The van der Waals surface area contributed by atoms with E-state index in [1.54, 1.807) is 24.3 Å². The fourth-order valence-corrected chi connectivity index (χ4v) is 4.89. The molecule has 8 nitrogen and oxygen atoms in total. The number of hydrogen-bond donors (Lipinski definition) is 3. The molecule has 0 spiro atoms. The number of aromatic carboxylic acids is 1. The van der Waals surface area contributed by atoms with E-state index in [1.165, 1.54) is 0 Å². The van der Waals surface area contributed by atoms with Crippen molar-refractivity contribution < 1.29 is 29.2 Å². The van der Waals surface area contributed by atoms with E-state index in [9.17, 15) is 9.90 Å². The van der Waals surface area contributed by atoms with Gasteiger partial charge in [0.1, 0.15) is 18.3 Å². The first-order valence-corrected chi connectivity index (χ1v) is 11.6. The van der Waals surface area contributed by atoms with Crippen molar-refractivity contribution in [3.63, 3.8) is 0 Å². The topological polar surface area (TPSA) is 114 Å². The Morgan fingerprint density at radius 1 is 0.971 bits per heavy atom. The molecule has 35 heavy (non-hydrogen) atoms. The fraction of sp³-hybridized carbons (Fsp3) is 0.231. The molecule has 2 aliphatic heterocycles. The van der Waals surface area contributed by atoms with Gasteiger partial charge in [0, 0.05) is 5.56 Å². The molecule has 9 heteroatoms. The molecule has 1 aromatic heterocycles. The number of carbonyl (C=O) groups is 1. The maximum Gasteiger partial charge on any atom is 0.335 e. The van der Waals surface area contributed by atoms with Crippen molar-refractivity contribution in [2.24, 2.45) is 0 Å². The molecule has 3 heterocycles. The van der Waals surface area contributed by atoms with Gasteiger partial charge in [0.25, 0.3) is 6.01 Å². The Labute approximate surface area is 205 Å². The van der Waals surface area contributed by atoms with Gasteiger partial charge in [0.15, 0.2) is 6.10 Å². The minimum absolute atomic E-state index is 0.237. The van der Waals surface area contributed by atoms with Crippen LogP contribution in [0.2, 0.25) is 5.02 Å². The summed E-state index contributed by atoms with van der Waals surface area (Å²) in [6.07, 6.45) is -1.69. The number of aliphatic hydroxyl groups excluding tert-OH is 1. The fourth-order valence-electron chi connectivity index (χ4n) is 4.62. The summed E-state index contributed by atoms with van der Waals surface area (Å²) in [6, 6.07) is 18.7. The lowest BCUT2D eigenvalue weighted by Gasteiger charge is -2.15. The van der Waals surface area contributed by atoms with Crippen molar-refractivity contribution in [2.45, 2.75) is 24.4 Å². The van der Waals surface area contributed by atoms with Crippen LogP contribution in [0.25, 0.3) is 33.3 Å². The lowest BCUT2D eigenvalue weighted by atomic mass is 9.99. The zero-order valence-corrected chi connectivity index (χ0v) is 19.1. The number of halogens is 1. The van der Waals surface area contributed by atoms with Gasteiger partial charge in [-0.15, -0.1) is 0 Å². The van der Waals surface area contributed by atoms with E-state index in [1.807, 2.05) is 36.4 Å². The van der Waals surface area contributed by atoms with Gasteiger partial charge in [-0.25, -0.2) is 4.79 Å². The van der Waals surface area contributed by atoms with Gasteiger partial charge >= 0.3 is 5.97 Å². The third-order valence-corrected chi connectivity index (χ3v) is 6.77. The molecule has 6 rings (SSSR count). The van der Waals surface area contributed by atoms with E-state index >= 15 is 0 Å². The van der Waals surface area contributed by atoms with E-state index in [2.05, 4.69) is 9.97 Å². The highest BCUT2D eigenvalue weighted by molar-refractivity contribution is 6.34. The van der Waals surface area contributed by atoms with E-state index in [4.69, 9.17) is 30.9 Å². The Kier molecular flexibility index (Phi) is 5.46. The van der Waals surface area contributed by atoms with Crippen molar-refractivity contribution in [3.05, 3.63) is 71.2 Å². The maximum atomic E-state index is 11.1. The molecule has 4 aromatic rings. The van der Waals surface area contributed by atoms with Crippen molar-refractivity contribution in [2.75, 3.05) is 13.2 Å². The molecule has 4 atom stereocenters. The summed E-state index contributed by atoms with van der Waals surface area (Å²) in [7, 11) is 0. The van der Waals surface area contributed by atoms with Gasteiger partial charge in [-0.1, -0.05) is 48.0 Å². The number of carboxylic acid groups (broad SMARTS) is 1. The number of ether oxygens (including phenoxy) is 3. The first kappa shape index (κ1) is 22.1. The van der Waals surface area contributed by atoms with Crippen molar-refractivity contribution >= 4 is 28.6 Å². The van der Waals surface area contributed by atoms with Crippen LogP contribution in [0.1, 0.15) is 10.4 Å². The summed E-state index contributed by atoms with van der Waals surface area (Å²) >= 11 is 6.60. The molecular formula is C26H21ClN2O6. The highest BCUT2D eigenvalue weighted by Gasteiger charge is 2.48. The predicted octanol–water partition coefficient (Wildman–Crippen LogP) is 4.15. The van der Waals surface area contributed by atoms with Crippen molar-refractivity contribution in [1.29, 1.82) is 0 Å². The molecule has 2 fully saturated rings. The van der Waals surface area contributed by atoms with E-state index in [0.29, 0.717) is 23.2 Å². The summed E-state index contributed by atoms with van der Waals surface area (Å²) < 4.78 is 17.2. The molecule has 3 aromatic carbocycles. The van der Waals surface area contributed by atoms with Crippen LogP contribution in [0.5, 0.6) is 6.01 Å². The SMILES string of the molecule is O=C(O)c1ccc(-c2ccc(-c3cc4nc(O[C@@H]5CO[C@H]6[C@@H]5OC[C@H]6O)[nH]c4cc3Cl)cc2)cc1. The number of benzene rings is 3. The summed E-state index contributed by atoms with van der Waals surface area (Å²) in [6.45, 7) is 0.557. The molecule has 0 radical (unpaired) electrons. The minimum atomic E-state index is -0.949. The van der Waals surface area contributed by atoms with E-state index < -0.39 is 12.1 Å². The average molecular weight is 493 g/mol. The molecule has 0 amide bonds. The average Bonchev–Trinajstić information content (AvgIpc) is 3.55. The molecule has 2 saturated heterocycles. The maximum absolute atomic E-state index is 11.1. The monoisotopic (exact) mass is 492 g/mol. The number of aromatic nitrogens is 2. The first-order chi connectivity index (χ1) is 17.0. The zero-order valence-electron chi connectivity index (χ0n) is 18.3. The van der Waals surface area contributed by atoms with Gasteiger partial charge in [-0.3, -0.25) is 0 Å². The number of nitrogens with one attached hydrogen (secondary N) is 1. The number of nitrogens with zero attached hydrogens (tertiary/aromatic N) is 1. The second kappa shape index (κ2) is 8.66. The van der Waals surface area contributed by atoms with E-state index in [-0.39, 0.29) is 30.5 Å². The lowest BCUT2D eigenvalue weighted by molar-refractivity contribution is 0.00706. The molecule has 0 saturated carbocycles. The third kappa shape index (κ3) is 4.04. The second-order valence-corrected chi connectivity index (χ2v) is 9.08. The predicted molar refractivity (Wildman–Crippen MR) is 129 cm³/mol. The van der Waals surface area contributed by atoms with Crippen LogP contribution in [0, 0.1) is 0 Å².